The van der Waals surface area contributed by atoms with Gasteiger partial charge in [-0.2, -0.15) is 0 Å². The van der Waals surface area contributed by atoms with E-state index in [1.165, 1.54) is 31.6 Å². The van der Waals surface area contributed by atoms with Crippen molar-refractivity contribution in [1.82, 2.24) is 10.3 Å². The van der Waals surface area contributed by atoms with Crippen LogP contribution in [-0.4, -0.2) is 20.4 Å². The molecule has 21 heavy (non-hydrogen) atoms. The molecule has 0 amide bonds. The highest BCUT2D eigenvalue weighted by atomic mass is 32.2. The summed E-state index contributed by atoms with van der Waals surface area (Å²) in [4.78, 5) is 3.14. The van der Waals surface area contributed by atoms with E-state index in [9.17, 15) is 17.2 Å². The molecule has 0 unspecified atom stereocenters. The highest BCUT2D eigenvalue weighted by molar-refractivity contribution is 7.92. The predicted molar refractivity (Wildman–Crippen MR) is 74.2 cm³/mol. The minimum Gasteiger partial charge on any atom is -0.315 e. The molecule has 1 heterocycles. The molecule has 0 aliphatic carbocycles. The molecule has 2 N–H and O–H groups in total. The molecule has 2 aromatic rings. The van der Waals surface area contributed by atoms with Crippen LogP contribution in [0.4, 0.5) is 14.5 Å². The number of benzene rings is 1. The lowest BCUT2D eigenvalue weighted by molar-refractivity contribution is 0.522. The minimum absolute atomic E-state index is 0.117. The number of rotatable bonds is 5. The SMILES string of the molecule is CNCc1c(F)ccc(S(=O)(=O)Nc2cccnc2)c1F. The number of anilines is 1. The Morgan fingerprint density at radius 3 is 2.62 bits per heavy atom. The van der Waals surface area contributed by atoms with Gasteiger partial charge in [0, 0.05) is 18.3 Å². The van der Waals surface area contributed by atoms with Gasteiger partial charge in [-0.15, -0.1) is 0 Å². The largest absolute Gasteiger partial charge is 0.315 e. The quantitative estimate of drug-likeness (QED) is 0.884. The Kier molecular flexibility index (Phi) is 4.49. The van der Waals surface area contributed by atoms with E-state index in [1.807, 2.05) is 0 Å². The summed E-state index contributed by atoms with van der Waals surface area (Å²) in [6.07, 6.45) is 2.76. The number of hydrogen-bond donors (Lipinski definition) is 2. The van der Waals surface area contributed by atoms with Crippen molar-refractivity contribution >= 4 is 15.7 Å². The molecule has 0 aliphatic rings. The van der Waals surface area contributed by atoms with Gasteiger partial charge in [-0.05, 0) is 31.3 Å². The number of hydrogen-bond acceptors (Lipinski definition) is 4. The van der Waals surface area contributed by atoms with Gasteiger partial charge >= 0.3 is 0 Å². The Morgan fingerprint density at radius 1 is 1.24 bits per heavy atom. The highest BCUT2D eigenvalue weighted by Gasteiger charge is 2.23. The number of nitrogens with one attached hydrogen (secondary N) is 2. The molecule has 0 saturated heterocycles. The third kappa shape index (κ3) is 3.34. The van der Waals surface area contributed by atoms with Crippen molar-refractivity contribution in [2.45, 2.75) is 11.4 Å². The Balaban J connectivity index is 2.43. The van der Waals surface area contributed by atoms with Crippen molar-refractivity contribution < 1.29 is 17.2 Å². The molecule has 112 valence electrons. The summed E-state index contributed by atoms with van der Waals surface area (Å²) >= 11 is 0. The van der Waals surface area contributed by atoms with E-state index in [4.69, 9.17) is 0 Å². The van der Waals surface area contributed by atoms with Gasteiger partial charge in [0.2, 0.25) is 0 Å². The van der Waals surface area contributed by atoms with E-state index in [-0.39, 0.29) is 17.8 Å². The van der Waals surface area contributed by atoms with Crippen molar-refractivity contribution in [2.75, 3.05) is 11.8 Å². The normalized spacial score (nSPS) is 11.4. The van der Waals surface area contributed by atoms with Crippen molar-refractivity contribution in [3.05, 3.63) is 53.9 Å². The third-order valence-electron chi connectivity index (χ3n) is 2.71. The van der Waals surface area contributed by atoms with Crippen LogP contribution in [0.5, 0.6) is 0 Å². The fourth-order valence-electron chi connectivity index (χ4n) is 1.76. The molecule has 0 fully saturated rings. The van der Waals surface area contributed by atoms with Crippen molar-refractivity contribution in [3.8, 4) is 0 Å². The Bertz CT molecular complexity index is 737. The molecule has 5 nitrogen and oxygen atoms in total. The van der Waals surface area contributed by atoms with Crippen LogP contribution >= 0.6 is 0 Å². The number of aromatic nitrogens is 1. The van der Waals surface area contributed by atoms with Crippen LogP contribution in [0.3, 0.4) is 0 Å². The fourth-order valence-corrected chi connectivity index (χ4v) is 2.90. The zero-order valence-electron chi connectivity index (χ0n) is 11.1. The molecule has 0 atom stereocenters. The van der Waals surface area contributed by atoms with Crippen molar-refractivity contribution in [2.24, 2.45) is 0 Å². The second-order valence-electron chi connectivity index (χ2n) is 4.22. The number of halogens is 2. The first-order valence-corrected chi connectivity index (χ1v) is 7.48. The number of pyridine rings is 1. The van der Waals surface area contributed by atoms with E-state index in [2.05, 4.69) is 15.0 Å². The smallest absolute Gasteiger partial charge is 0.264 e. The van der Waals surface area contributed by atoms with E-state index < -0.39 is 26.6 Å². The number of nitrogens with zero attached hydrogens (tertiary/aromatic N) is 1. The summed E-state index contributed by atoms with van der Waals surface area (Å²) in [5.41, 5.74) is -0.136. The van der Waals surface area contributed by atoms with Crippen molar-refractivity contribution in [1.29, 1.82) is 0 Å². The van der Waals surface area contributed by atoms with Crippen LogP contribution < -0.4 is 10.0 Å². The van der Waals surface area contributed by atoms with Gasteiger partial charge in [0.15, 0.2) is 5.82 Å². The Morgan fingerprint density at radius 2 is 2.00 bits per heavy atom. The van der Waals surface area contributed by atoms with E-state index in [0.29, 0.717) is 0 Å². The summed E-state index contributed by atoms with van der Waals surface area (Å²) in [5.74, 6) is -1.91. The second kappa shape index (κ2) is 6.15. The maximum atomic E-state index is 14.2. The molecular weight excluding hydrogens is 300 g/mol. The standard InChI is InChI=1S/C13H13F2N3O2S/c1-16-8-10-11(14)4-5-12(13(10)15)21(19,20)18-9-3-2-6-17-7-9/h2-7,16,18H,8H2,1H3. The Labute approximate surface area is 121 Å². The zero-order chi connectivity index (χ0) is 15.5. The average Bonchev–Trinajstić information content (AvgIpc) is 2.43. The lowest BCUT2D eigenvalue weighted by atomic mass is 10.2. The van der Waals surface area contributed by atoms with Gasteiger partial charge in [-0.25, -0.2) is 17.2 Å². The van der Waals surface area contributed by atoms with E-state index in [0.717, 1.165) is 12.1 Å². The summed E-state index contributed by atoms with van der Waals surface area (Å²) in [6.45, 7) is -0.117. The Hall–Kier alpha value is -2.06. The molecule has 0 saturated carbocycles. The first-order chi connectivity index (χ1) is 9.95. The maximum Gasteiger partial charge on any atom is 0.264 e. The molecule has 0 spiro atoms. The molecule has 1 aromatic carbocycles. The van der Waals surface area contributed by atoms with Crippen molar-refractivity contribution in [3.63, 3.8) is 0 Å². The maximum absolute atomic E-state index is 14.2. The fraction of sp³-hybridized carbons (Fsp3) is 0.154. The summed E-state index contributed by atoms with van der Waals surface area (Å²) in [5, 5.41) is 2.59. The topological polar surface area (TPSA) is 71.1 Å². The molecule has 2 rings (SSSR count). The van der Waals surface area contributed by atoms with Crippen LogP contribution in [0.1, 0.15) is 5.56 Å². The zero-order valence-corrected chi connectivity index (χ0v) is 11.9. The van der Waals surface area contributed by atoms with Gasteiger partial charge in [0.25, 0.3) is 10.0 Å². The van der Waals surface area contributed by atoms with Gasteiger partial charge in [0.1, 0.15) is 10.7 Å². The van der Waals surface area contributed by atoms with Gasteiger partial charge in [-0.3, -0.25) is 9.71 Å². The van der Waals surface area contributed by atoms with E-state index >= 15 is 0 Å². The monoisotopic (exact) mass is 313 g/mol. The highest BCUT2D eigenvalue weighted by Crippen LogP contribution is 2.23. The van der Waals surface area contributed by atoms with Crippen LogP contribution in [0.25, 0.3) is 0 Å². The first kappa shape index (κ1) is 15.3. The van der Waals surface area contributed by atoms with Crippen LogP contribution in [0.2, 0.25) is 0 Å². The average molecular weight is 313 g/mol. The van der Waals surface area contributed by atoms with Gasteiger partial charge in [-0.1, -0.05) is 0 Å². The molecule has 0 aliphatic heterocycles. The molecule has 0 radical (unpaired) electrons. The first-order valence-electron chi connectivity index (χ1n) is 6.00. The summed E-state index contributed by atoms with van der Waals surface area (Å²) < 4.78 is 54.3. The second-order valence-corrected chi connectivity index (χ2v) is 5.87. The van der Waals surface area contributed by atoms with Gasteiger partial charge < -0.3 is 5.32 Å². The summed E-state index contributed by atoms with van der Waals surface area (Å²) in [6, 6.07) is 4.82. The number of sulfonamides is 1. The molecule has 8 heteroatoms. The lowest BCUT2D eigenvalue weighted by Gasteiger charge is -2.11. The summed E-state index contributed by atoms with van der Waals surface area (Å²) in [7, 11) is -2.65. The lowest BCUT2D eigenvalue weighted by Crippen LogP contribution is -2.18. The molecule has 1 aromatic heterocycles. The minimum atomic E-state index is -4.16. The van der Waals surface area contributed by atoms with E-state index in [1.54, 1.807) is 0 Å². The van der Waals surface area contributed by atoms with Crippen LogP contribution in [0.15, 0.2) is 41.6 Å². The van der Waals surface area contributed by atoms with Gasteiger partial charge in [0.05, 0.1) is 11.9 Å². The third-order valence-corrected chi connectivity index (χ3v) is 4.11. The van der Waals surface area contributed by atoms with Crippen LogP contribution in [0, 0.1) is 11.6 Å². The van der Waals surface area contributed by atoms with Crippen LogP contribution in [-0.2, 0) is 16.6 Å². The molecule has 0 bridgehead atoms. The predicted octanol–water partition coefficient (Wildman–Crippen LogP) is 1.88. The molecular formula is C13H13F2N3O2S.